The van der Waals surface area contributed by atoms with Crippen LogP contribution in [0.5, 0.6) is 5.75 Å². The molecule has 0 spiro atoms. The average Bonchev–Trinajstić information content (AvgIpc) is 2.88. The average molecular weight is 474 g/mol. The molecule has 138 valence electrons. The van der Waals surface area contributed by atoms with Crippen molar-refractivity contribution in [3.63, 3.8) is 0 Å². The molecule has 0 saturated heterocycles. The van der Waals surface area contributed by atoms with Gasteiger partial charge in [0.2, 0.25) is 0 Å². The number of hydrogen-bond donors (Lipinski definition) is 2. The van der Waals surface area contributed by atoms with Crippen molar-refractivity contribution < 1.29 is 4.74 Å². The zero-order valence-corrected chi connectivity index (χ0v) is 18.6. The van der Waals surface area contributed by atoms with Gasteiger partial charge in [0.15, 0.2) is 5.96 Å². The number of aliphatic imine (C=N–C) groups is 1. The number of nitrogens with zero attached hydrogens (tertiary/aromatic N) is 2. The van der Waals surface area contributed by atoms with Crippen LogP contribution in [0.1, 0.15) is 33.6 Å². The Morgan fingerprint density at radius 3 is 2.56 bits per heavy atom. The van der Waals surface area contributed by atoms with Crippen molar-refractivity contribution in [2.45, 2.75) is 40.8 Å². The highest BCUT2D eigenvalue weighted by Gasteiger charge is 2.05. The van der Waals surface area contributed by atoms with Crippen LogP contribution in [0.4, 0.5) is 0 Å². The normalized spacial score (nSPS) is 11.0. The van der Waals surface area contributed by atoms with Gasteiger partial charge in [-0.05, 0) is 44.9 Å². The Kier molecular flexibility index (Phi) is 9.20. The van der Waals surface area contributed by atoms with Gasteiger partial charge in [-0.15, -0.1) is 35.3 Å². The van der Waals surface area contributed by atoms with Crippen molar-refractivity contribution in [2.24, 2.45) is 4.99 Å². The van der Waals surface area contributed by atoms with E-state index < -0.39 is 0 Å². The number of aromatic nitrogens is 1. The predicted octanol–water partition coefficient (Wildman–Crippen LogP) is 3.95. The zero-order chi connectivity index (χ0) is 17.5. The molecule has 2 rings (SSSR count). The predicted molar refractivity (Wildman–Crippen MR) is 116 cm³/mol. The van der Waals surface area contributed by atoms with Crippen LogP contribution in [0.2, 0.25) is 0 Å². The lowest BCUT2D eigenvalue weighted by Crippen LogP contribution is -2.36. The Labute approximate surface area is 171 Å². The first kappa shape index (κ1) is 21.7. The van der Waals surface area contributed by atoms with Crippen molar-refractivity contribution in [2.75, 3.05) is 13.7 Å². The summed E-state index contributed by atoms with van der Waals surface area (Å²) < 4.78 is 5.30. The van der Waals surface area contributed by atoms with Crippen molar-refractivity contribution >= 4 is 41.3 Å². The van der Waals surface area contributed by atoms with E-state index in [2.05, 4.69) is 40.5 Å². The summed E-state index contributed by atoms with van der Waals surface area (Å²) >= 11 is 1.72. The topological polar surface area (TPSA) is 58.5 Å². The maximum atomic E-state index is 5.30. The van der Waals surface area contributed by atoms with Crippen LogP contribution in [-0.4, -0.2) is 24.6 Å². The number of rotatable bonds is 6. The largest absolute Gasteiger partial charge is 0.496 e. The molecule has 1 aromatic carbocycles. The van der Waals surface area contributed by atoms with Crippen LogP contribution in [0.3, 0.4) is 0 Å². The highest BCUT2D eigenvalue weighted by Crippen LogP contribution is 2.19. The maximum absolute atomic E-state index is 5.30. The number of methoxy groups -OCH3 is 1. The molecule has 0 bridgehead atoms. The van der Waals surface area contributed by atoms with Crippen molar-refractivity contribution in [1.82, 2.24) is 15.6 Å². The fraction of sp³-hybridized carbons (Fsp3) is 0.444. The molecule has 5 nitrogen and oxygen atoms in total. The van der Waals surface area contributed by atoms with Gasteiger partial charge in [0.25, 0.3) is 0 Å². The van der Waals surface area contributed by atoms with Gasteiger partial charge >= 0.3 is 0 Å². The minimum Gasteiger partial charge on any atom is -0.496 e. The van der Waals surface area contributed by atoms with Gasteiger partial charge in [0, 0.05) is 11.4 Å². The summed E-state index contributed by atoms with van der Waals surface area (Å²) in [4.78, 5) is 10.5. The maximum Gasteiger partial charge on any atom is 0.191 e. The standard InChI is InChI=1S/C18H26N4OS.HI/c1-6-19-18(21-11-17-22-13(3)14(4)24-17)20-10-15-7-8-16(23-5)12(2)9-15;/h7-9H,6,10-11H2,1-5H3,(H2,19,20,21);1H. The molecule has 2 aromatic rings. The molecule has 0 fully saturated rings. The molecule has 0 aliphatic carbocycles. The molecule has 1 aromatic heterocycles. The summed E-state index contributed by atoms with van der Waals surface area (Å²) in [7, 11) is 1.69. The third kappa shape index (κ3) is 6.47. The Morgan fingerprint density at radius 1 is 1.24 bits per heavy atom. The number of ether oxygens (including phenoxy) is 1. The highest BCUT2D eigenvalue weighted by molar-refractivity contribution is 14.0. The fourth-order valence-corrected chi connectivity index (χ4v) is 3.20. The number of guanidine groups is 1. The first-order chi connectivity index (χ1) is 11.5. The van der Waals surface area contributed by atoms with Gasteiger partial charge in [0.05, 0.1) is 25.9 Å². The molecule has 0 atom stereocenters. The summed E-state index contributed by atoms with van der Waals surface area (Å²) in [6, 6.07) is 6.15. The first-order valence-electron chi connectivity index (χ1n) is 8.12. The quantitative estimate of drug-likeness (QED) is 0.378. The van der Waals surface area contributed by atoms with Crippen LogP contribution in [0, 0.1) is 20.8 Å². The second-order valence-electron chi connectivity index (χ2n) is 5.60. The summed E-state index contributed by atoms with van der Waals surface area (Å²) in [6.07, 6.45) is 0. The van der Waals surface area contributed by atoms with Crippen LogP contribution < -0.4 is 15.4 Å². The summed E-state index contributed by atoms with van der Waals surface area (Å²) in [5, 5.41) is 7.70. The zero-order valence-electron chi connectivity index (χ0n) is 15.5. The van der Waals surface area contributed by atoms with E-state index in [1.165, 1.54) is 4.88 Å². The van der Waals surface area contributed by atoms with Crippen LogP contribution in [0.15, 0.2) is 23.2 Å². The van der Waals surface area contributed by atoms with Gasteiger partial charge in [-0.2, -0.15) is 0 Å². The number of aryl methyl sites for hydroxylation is 3. The molecule has 0 aliphatic heterocycles. The van der Waals surface area contributed by atoms with Crippen LogP contribution in [-0.2, 0) is 13.1 Å². The summed E-state index contributed by atoms with van der Waals surface area (Å²) in [5.74, 6) is 1.71. The third-order valence-electron chi connectivity index (χ3n) is 3.70. The summed E-state index contributed by atoms with van der Waals surface area (Å²) in [5.41, 5.74) is 3.38. The molecular weight excluding hydrogens is 447 g/mol. The molecule has 0 saturated carbocycles. The van der Waals surface area contributed by atoms with Crippen LogP contribution >= 0.6 is 35.3 Å². The van der Waals surface area contributed by atoms with E-state index in [0.717, 1.165) is 40.1 Å². The number of hydrogen-bond acceptors (Lipinski definition) is 4. The van der Waals surface area contributed by atoms with E-state index in [9.17, 15) is 0 Å². The van der Waals surface area contributed by atoms with E-state index >= 15 is 0 Å². The highest BCUT2D eigenvalue weighted by atomic mass is 127. The van der Waals surface area contributed by atoms with Crippen molar-refractivity contribution in [3.05, 3.63) is 44.9 Å². The Bertz CT molecular complexity index is 696. The molecule has 0 amide bonds. The Balaban J connectivity index is 0.00000312. The van der Waals surface area contributed by atoms with Crippen molar-refractivity contribution in [3.8, 4) is 5.75 Å². The van der Waals surface area contributed by atoms with E-state index in [0.29, 0.717) is 13.1 Å². The molecule has 7 heteroatoms. The first-order valence-corrected chi connectivity index (χ1v) is 8.93. The van der Waals surface area contributed by atoms with Gasteiger partial charge in [-0.1, -0.05) is 12.1 Å². The minimum absolute atomic E-state index is 0. The van der Waals surface area contributed by atoms with Gasteiger partial charge in [-0.25, -0.2) is 9.98 Å². The number of halogens is 1. The number of benzene rings is 1. The molecule has 2 N–H and O–H groups in total. The van der Waals surface area contributed by atoms with Crippen molar-refractivity contribution in [1.29, 1.82) is 0 Å². The molecule has 0 aliphatic rings. The van der Waals surface area contributed by atoms with E-state index in [1.807, 2.05) is 26.0 Å². The lowest BCUT2D eigenvalue weighted by atomic mass is 10.1. The molecule has 0 unspecified atom stereocenters. The van der Waals surface area contributed by atoms with Gasteiger partial charge < -0.3 is 15.4 Å². The Morgan fingerprint density at radius 2 is 2.00 bits per heavy atom. The smallest absolute Gasteiger partial charge is 0.191 e. The van der Waals surface area contributed by atoms with Gasteiger partial charge in [-0.3, -0.25) is 0 Å². The fourth-order valence-electron chi connectivity index (χ4n) is 2.33. The minimum atomic E-state index is 0. The molecule has 1 heterocycles. The number of thiazole rings is 1. The number of nitrogens with one attached hydrogen (secondary N) is 2. The molecular formula is C18H27IN4OS. The van der Waals surface area contributed by atoms with E-state index in [4.69, 9.17) is 4.74 Å². The monoisotopic (exact) mass is 474 g/mol. The van der Waals surface area contributed by atoms with Gasteiger partial charge in [0.1, 0.15) is 10.8 Å². The lowest BCUT2D eigenvalue weighted by Gasteiger charge is -2.11. The van der Waals surface area contributed by atoms with Crippen LogP contribution in [0.25, 0.3) is 0 Å². The third-order valence-corrected chi connectivity index (χ3v) is 4.78. The molecule has 0 radical (unpaired) electrons. The lowest BCUT2D eigenvalue weighted by molar-refractivity contribution is 0.411. The van der Waals surface area contributed by atoms with E-state index in [1.54, 1.807) is 18.4 Å². The molecule has 25 heavy (non-hydrogen) atoms. The summed E-state index contributed by atoms with van der Waals surface area (Å²) in [6.45, 7) is 10.4. The van der Waals surface area contributed by atoms with E-state index in [-0.39, 0.29) is 24.0 Å². The SMILES string of the molecule is CCNC(=NCc1ccc(OC)c(C)c1)NCc1nc(C)c(C)s1.I. The Hall–Kier alpha value is -1.35. The second-order valence-corrected chi connectivity index (χ2v) is 6.89. The second kappa shape index (κ2) is 10.6.